The minimum absolute atomic E-state index is 0.0507. The van der Waals surface area contributed by atoms with Crippen LogP contribution in [0.25, 0.3) is 11.1 Å². The number of alkyl carbamates (subject to hydrolysis) is 1. The van der Waals surface area contributed by atoms with E-state index in [2.05, 4.69) is 47.0 Å². The Hall–Kier alpha value is -4.17. The second-order valence-corrected chi connectivity index (χ2v) is 13.5. The summed E-state index contributed by atoms with van der Waals surface area (Å²) in [6.07, 6.45) is 7.78. The van der Waals surface area contributed by atoms with Gasteiger partial charge in [0.05, 0.1) is 18.1 Å². The van der Waals surface area contributed by atoms with Crippen LogP contribution in [-0.4, -0.2) is 54.1 Å². The van der Waals surface area contributed by atoms with Gasteiger partial charge in [0.2, 0.25) is 11.8 Å². The predicted molar refractivity (Wildman–Crippen MR) is 177 cm³/mol. The Bertz CT molecular complexity index is 1560. The van der Waals surface area contributed by atoms with Crippen molar-refractivity contribution in [2.75, 3.05) is 13.2 Å². The Morgan fingerprint density at radius 2 is 1.46 bits per heavy atom. The molecule has 1 heterocycles. The van der Waals surface area contributed by atoms with Crippen LogP contribution in [-0.2, 0) is 20.7 Å². The Morgan fingerprint density at radius 3 is 2.17 bits per heavy atom. The third-order valence-corrected chi connectivity index (χ3v) is 10.7. The molecule has 4 atom stereocenters. The molecule has 240 valence electrons. The summed E-state index contributed by atoms with van der Waals surface area (Å²) < 4.78 is 5.82. The molecule has 0 bridgehead atoms. The zero-order valence-corrected chi connectivity index (χ0v) is 26.3. The standard InChI is InChI=1S/C38H44N4O4/c39-35(25-12-2-1-3-13-25)37(44)42-22-26(21-34(42)36(43)41-33-20-10-14-24-11-4-5-15-27(24)33)40-38(45)46-23-32-30-18-8-6-16-28(30)29-17-7-9-19-31(29)32/h4-9,11,15-19,25-26,32-35H,1-3,10,12-14,20-23,39H2,(H,40,45)(H,41,43)/t26-,33?,34-,35?/m0/s1. The number of carbonyl (C=O) groups is 3. The third kappa shape index (κ3) is 6.03. The van der Waals surface area contributed by atoms with Crippen LogP contribution in [0.3, 0.4) is 0 Å². The van der Waals surface area contributed by atoms with Crippen LogP contribution in [0, 0.1) is 5.92 Å². The molecule has 46 heavy (non-hydrogen) atoms. The second-order valence-electron chi connectivity index (χ2n) is 13.5. The van der Waals surface area contributed by atoms with Crippen molar-refractivity contribution in [1.29, 1.82) is 0 Å². The predicted octanol–water partition coefficient (Wildman–Crippen LogP) is 5.60. The molecule has 1 saturated heterocycles. The average Bonchev–Trinajstić information content (AvgIpc) is 3.66. The second kappa shape index (κ2) is 13.3. The number of nitrogens with zero attached hydrogens (tertiary/aromatic N) is 1. The number of nitrogens with two attached hydrogens (primary N) is 1. The molecular weight excluding hydrogens is 576 g/mol. The Morgan fingerprint density at radius 1 is 0.804 bits per heavy atom. The summed E-state index contributed by atoms with van der Waals surface area (Å²) in [6.45, 7) is 0.426. The molecule has 3 aliphatic carbocycles. The number of likely N-dealkylation sites (tertiary alicyclic amines) is 1. The maximum atomic E-state index is 13.9. The first kappa shape index (κ1) is 30.5. The quantitative estimate of drug-likeness (QED) is 0.319. The lowest BCUT2D eigenvalue weighted by atomic mass is 9.83. The van der Waals surface area contributed by atoms with Crippen LogP contribution in [0.4, 0.5) is 4.79 Å². The highest BCUT2D eigenvalue weighted by atomic mass is 16.5. The van der Waals surface area contributed by atoms with Crippen LogP contribution >= 0.6 is 0 Å². The van der Waals surface area contributed by atoms with Gasteiger partial charge >= 0.3 is 6.09 Å². The van der Waals surface area contributed by atoms with Crippen molar-refractivity contribution in [1.82, 2.24) is 15.5 Å². The van der Waals surface area contributed by atoms with Crippen LogP contribution < -0.4 is 16.4 Å². The van der Waals surface area contributed by atoms with Gasteiger partial charge in [-0.1, -0.05) is 92.1 Å². The number of rotatable bonds is 7. The van der Waals surface area contributed by atoms with E-state index in [9.17, 15) is 14.4 Å². The summed E-state index contributed by atoms with van der Waals surface area (Å²) in [5.41, 5.74) is 13.6. The topological polar surface area (TPSA) is 114 Å². The molecule has 8 nitrogen and oxygen atoms in total. The maximum absolute atomic E-state index is 13.9. The first-order chi connectivity index (χ1) is 22.5. The fraction of sp³-hybridized carbons (Fsp3) is 0.447. The molecule has 7 rings (SSSR count). The minimum Gasteiger partial charge on any atom is -0.449 e. The number of carbonyl (C=O) groups excluding carboxylic acids is 3. The summed E-state index contributed by atoms with van der Waals surface area (Å²) in [5.74, 6) is -0.329. The zero-order valence-electron chi connectivity index (χ0n) is 26.3. The molecule has 3 amide bonds. The summed E-state index contributed by atoms with van der Waals surface area (Å²) in [7, 11) is 0. The molecule has 0 spiro atoms. The molecule has 8 heteroatoms. The molecule has 2 fully saturated rings. The van der Waals surface area contributed by atoms with E-state index in [1.54, 1.807) is 4.90 Å². The molecule has 2 unspecified atom stereocenters. The van der Waals surface area contributed by atoms with Crippen molar-refractivity contribution in [3.05, 3.63) is 95.1 Å². The zero-order chi connectivity index (χ0) is 31.6. The van der Waals surface area contributed by atoms with Crippen molar-refractivity contribution in [2.45, 2.75) is 87.9 Å². The number of benzene rings is 3. The number of amides is 3. The molecular formula is C38H44N4O4. The number of hydrogen-bond acceptors (Lipinski definition) is 5. The third-order valence-electron chi connectivity index (χ3n) is 10.7. The van der Waals surface area contributed by atoms with E-state index >= 15 is 0 Å². The molecule has 1 aliphatic heterocycles. The fourth-order valence-electron chi connectivity index (χ4n) is 8.30. The van der Waals surface area contributed by atoms with Gasteiger partial charge in [-0.2, -0.15) is 0 Å². The first-order valence-corrected chi connectivity index (χ1v) is 17.0. The average molecular weight is 621 g/mol. The SMILES string of the molecule is NC(C(=O)N1C[C@@H](NC(=O)OCC2c3ccccc3-c3ccccc32)C[C@H]1C(=O)NC1CCCc2ccccc21)C1CCCCC1. The molecule has 4 N–H and O–H groups in total. The highest BCUT2D eigenvalue weighted by Crippen LogP contribution is 2.44. The first-order valence-electron chi connectivity index (χ1n) is 17.0. The number of aryl methyl sites for hydroxylation is 1. The molecule has 3 aromatic carbocycles. The summed E-state index contributed by atoms with van der Waals surface area (Å²) >= 11 is 0. The number of ether oxygens (including phenoxy) is 1. The Labute approximate surface area is 271 Å². The fourth-order valence-corrected chi connectivity index (χ4v) is 8.30. The van der Waals surface area contributed by atoms with Gasteiger partial charge in [0.1, 0.15) is 12.6 Å². The van der Waals surface area contributed by atoms with Crippen molar-refractivity contribution >= 4 is 17.9 Å². The van der Waals surface area contributed by atoms with Gasteiger partial charge in [-0.15, -0.1) is 0 Å². The maximum Gasteiger partial charge on any atom is 0.407 e. The summed E-state index contributed by atoms with van der Waals surface area (Å²) in [5, 5.41) is 6.24. The van der Waals surface area contributed by atoms with E-state index in [1.165, 1.54) is 23.1 Å². The van der Waals surface area contributed by atoms with E-state index in [0.717, 1.165) is 61.6 Å². The Balaban J connectivity index is 1.04. The molecule has 4 aliphatic rings. The van der Waals surface area contributed by atoms with Gasteiger partial charge in [-0.25, -0.2) is 4.79 Å². The lowest BCUT2D eigenvalue weighted by Gasteiger charge is -2.33. The molecule has 0 radical (unpaired) electrons. The monoisotopic (exact) mass is 620 g/mol. The minimum atomic E-state index is -0.713. The largest absolute Gasteiger partial charge is 0.449 e. The van der Waals surface area contributed by atoms with E-state index in [4.69, 9.17) is 10.5 Å². The van der Waals surface area contributed by atoms with E-state index in [1.807, 2.05) is 36.4 Å². The van der Waals surface area contributed by atoms with Crippen LogP contribution in [0.1, 0.15) is 85.6 Å². The number of fused-ring (bicyclic) bond motifs is 4. The van der Waals surface area contributed by atoms with Gasteiger partial charge in [0, 0.05) is 12.5 Å². The normalized spacial score (nSPS) is 23.2. The molecule has 3 aromatic rings. The van der Waals surface area contributed by atoms with Gasteiger partial charge in [-0.3, -0.25) is 9.59 Å². The van der Waals surface area contributed by atoms with Crippen molar-refractivity contribution < 1.29 is 19.1 Å². The highest BCUT2D eigenvalue weighted by Gasteiger charge is 2.44. The highest BCUT2D eigenvalue weighted by molar-refractivity contribution is 5.91. The van der Waals surface area contributed by atoms with Crippen LogP contribution in [0.15, 0.2) is 72.8 Å². The van der Waals surface area contributed by atoms with Crippen molar-refractivity contribution in [3.63, 3.8) is 0 Å². The lowest BCUT2D eigenvalue weighted by Crippen LogP contribution is -2.54. The van der Waals surface area contributed by atoms with Gasteiger partial charge in [0.25, 0.3) is 0 Å². The molecule has 1 saturated carbocycles. The van der Waals surface area contributed by atoms with Gasteiger partial charge in [0.15, 0.2) is 0 Å². The van der Waals surface area contributed by atoms with Crippen molar-refractivity contribution in [2.24, 2.45) is 11.7 Å². The van der Waals surface area contributed by atoms with Crippen LogP contribution in [0.5, 0.6) is 0 Å². The Kier molecular flexibility index (Phi) is 8.80. The summed E-state index contributed by atoms with van der Waals surface area (Å²) in [6, 6.07) is 22.8. The van der Waals surface area contributed by atoms with E-state index in [-0.39, 0.29) is 42.8 Å². The van der Waals surface area contributed by atoms with E-state index < -0.39 is 24.2 Å². The smallest absolute Gasteiger partial charge is 0.407 e. The number of hydrogen-bond donors (Lipinski definition) is 3. The van der Waals surface area contributed by atoms with Gasteiger partial charge in [-0.05, 0) is 77.8 Å². The van der Waals surface area contributed by atoms with Gasteiger partial charge < -0.3 is 26.0 Å². The van der Waals surface area contributed by atoms with Crippen molar-refractivity contribution in [3.8, 4) is 11.1 Å². The molecule has 0 aromatic heterocycles. The number of nitrogens with one attached hydrogen (secondary N) is 2. The van der Waals surface area contributed by atoms with E-state index in [0.29, 0.717) is 6.42 Å². The summed E-state index contributed by atoms with van der Waals surface area (Å²) in [4.78, 5) is 42.6. The lowest BCUT2D eigenvalue weighted by molar-refractivity contribution is -0.140. The van der Waals surface area contributed by atoms with Crippen LogP contribution in [0.2, 0.25) is 0 Å².